The fraction of sp³-hybridized carbons (Fsp3) is 0.333. The molecule has 0 amide bonds. The van der Waals surface area contributed by atoms with Gasteiger partial charge in [-0.15, -0.1) is 0 Å². The maximum atomic E-state index is 7.82. The Balaban J connectivity index is 0.978. The predicted molar refractivity (Wildman–Crippen MR) is 361 cm³/mol. The molecular formula is C81H86O15. The fourth-order valence-corrected chi connectivity index (χ4v) is 12.2. The molecule has 15 heteroatoms. The highest BCUT2D eigenvalue weighted by atomic mass is 16.8. The molecule has 3 aliphatic heterocycles. The topological polar surface area (TPSA) is 138 Å². The molecule has 0 aliphatic carbocycles. The molecule has 3 aliphatic rings. The summed E-state index contributed by atoms with van der Waals surface area (Å²) < 4.78 is 107. The van der Waals surface area contributed by atoms with Crippen LogP contribution in [0.3, 0.4) is 0 Å². The number of rotatable bonds is 34. The lowest BCUT2D eigenvalue weighted by Crippen LogP contribution is -2.67. The van der Waals surface area contributed by atoms with Crippen LogP contribution in [0.1, 0.15) is 50.1 Å². The van der Waals surface area contributed by atoms with Gasteiger partial charge in [-0.1, -0.05) is 273 Å². The van der Waals surface area contributed by atoms with Gasteiger partial charge in [0.05, 0.1) is 79.3 Å². The van der Waals surface area contributed by atoms with Crippen molar-refractivity contribution in [1.29, 1.82) is 0 Å². The second-order valence-corrected chi connectivity index (χ2v) is 24.1. The summed E-state index contributed by atoms with van der Waals surface area (Å²) in [6.07, 6.45) is -13.3. The van der Waals surface area contributed by atoms with Crippen molar-refractivity contribution >= 4 is 0 Å². The highest BCUT2D eigenvalue weighted by Gasteiger charge is 2.56. The summed E-state index contributed by atoms with van der Waals surface area (Å²) in [6, 6.07) is 90.2. The van der Waals surface area contributed by atoms with Gasteiger partial charge in [-0.05, 0) is 50.1 Å². The van der Waals surface area contributed by atoms with E-state index in [2.05, 4.69) is 0 Å². The molecule has 0 unspecified atom stereocenters. The first kappa shape index (κ1) is 68.3. The lowest BCUT2D eigenvalue weighted by Gasteiger charge is -2.51. The minimum absolute atomic E-state index is 0.0422. The Kier molecular flexibility index (Phi) is 26.1. The fourth-order valence-electron chi connectivity index (χ4n) is 12.2. The maximum Gasteiger partial charge on any atom is 0.187 e. The molecule has 12 rings (SSSR count). The van der Waals surface area contributed by atoms with Gasteiger partial charge in [0, 0.05) is 7.11 Å². The predicted octanol–water partition coefficient (Wildman–Crippen LogP) is 13.7. The largest absolute Gasteiger partial charge is 0.374 e. The maximum absolute atomic E-state index is 7.82. The van der Waals surface area contributed by atoms with Crippen molar-refractivity contribution < 1.29 is 71.1 Å². The third-order valence-corrected chi connectivity index (χ3v) is 17.2. The lowest BCUT2D eigenvalue weighted by atomic mass is 9.95. The molecule has 3 saturated heterocycles. The Hall–Kier alpha value is -7.62. The molecule has 0 saturated carbocycles. The minimum atomic E-state index is -1.33. The Labute approximate surface area is 563 Å². The Morgan fingerprint density at radius 1 is 0.260 bits per heavy atom. The van der Waals surface area contributed by atoms with E-state index in [1.807, 2.05) is 273 Å². The SMILES string of the molecule is CO[C@H]1O[C@H](COCc2ccccc2)[C@@H](O[C@@H]2O[C@H](COCc3ccccc3)[C@@H](OCc3ccccc3)[C@H](OCc3ccccc3)[C@@H]2O[C@@H]2OC[C@@H](OCc3ccccc3)[C@H](OCc3ccccc3)[C@H]2OCc2ccccc2)[C@H](OCc2ccccc2)[C@H]1OCc1ccccc1. The molecule has 0 N–H and O–H groups in total. The summed E-state index contributed by atoms with van der Waals surface area (Å²) in [5.41, 5.74) is 8.58. The molecule has 0 radical (unpaired) electrons. The Morgan fingerprint density at radius 3 is 0.896 bits per heavy atom. The second kappa shape index (κ2) is 36.6. The monoisotopic (exact) mass is 1300 g/mol. The first-order chi connectivity index (χ1) is 47.6. The first-order valence-corrected chi connectivity index (χ1v) is 33.1. The van der Waals surface area contributed by atoms with Crippen molar-refractivity contribution in [3.63, 3.8) is 0 Å². The summed E-state index contributed by atoms with van der Waals surface area (Å²) in [7, 11) is 1.61. The van der Waals surface area contributed by atoms with Crippen LogP contribution in [0.2, 0.25) is 0 Å². The molecule has 3 fully saturated rings. The third-order valence-electron chi connectivity index (χ3n) is 17.2. The molecule has 96 heavy (non-hydrogen) atoms. The van der Waals surface area contributed by atoms with Crippen molar-refractivity contribution in [3.05, 3.63) is 323 Å². The standard InChI is InChI=1S/C81H86O15/c1-82-79-77(91-55-67-45-27-10-28-46-67)75(89-53-65-41-23-8-24-42-65)73(70(93-79)57-84-48-60-31-13-3-14-32-60)95-81-78(74(88-52-64-39-21-7-22-40-64)72(87-51-63-37-19-6-20-38-63)69(94-81)56-83-47-59-29-11-2-12-30-59)96-80-76(90-54-66-43-25-9-26-44-66)71(86-50-62-35-17-5-18-36-62)68(58-92-80)85-49-61-33-15-4-16-34-61/h2-46,68-81H,47-58H2,1H3/t68-,69-,70-,71+,72-,73-,74+,75+,76-,77-,78+,79+,80+,81+/m1/s1. The highest BCUT2D eigenvalue weighted by molar-refractivity contribution is 5.21. The molecule has 14 atom stereocenters. The van der Waals surface area contributed by atoms with Gasteiger partial charge in [0.1, 0.15) is 67.1 Å². The van der Waals surface area contributed by atoms with Crippen molar-refractivity contribution in [2.45, 2.75) is 145 Å². The van der Waals surface area contributed by atoms with Crippen LogP contribution in [-0.2, 0) is 131 Å². The van der Waals surface area contributed by atoms with E-state index < -0.39 is 86.0 Å². The Morgan fingerprint density at radius 2 is 0.531 bits per heavy atom. The van der Waals surface area contributed by atoms with Crippen molar-refractivity contribution in [1.82, 2.24) is 0 Å². The summed E-state index contributed by atoms with van der Waals surface area (Å²) in [5, 5.41) is 0. The molecule has 9 aromatic rings. The van der Waals surface area contributed by atoms with Crippen LogP contribution < -0.4 is 0 Å². The smallest absolute Gasteiger partial charge is 0.187 e. The number of hydrogen-bond acceptors (Lipinski definition) is 15. The van der Waals surface area contributed by atoms with E-state index >= 15 is 0 Å². The van der Waals surface area contributed by atoms with Gasteiger partial charge in [0.25, 0.3) is 0 Å². The van der Waals surface area contributed by atoms with E-state index in [9.17, 15) is 0 Å². The van der Waals surface area contributed by atoms with Crippen molar-refractivity contribution in [2.24, 2.45) is 0 Å². The zero-order chi connectivity index (χ0) is 65.2. The summed E-state index contributed by atoms with van der Waals surface area (Å²) >= 11 is 0. The van der Waals surface area contributed by atoms with Crippen LogP contribution in [0.15, 0.2) is 273 Å². The molecule has 3 heterocycles. The molecular weight excluding hydrogens is 1210 g/mol. The van der Waals surface area contributed by atoms with Crippen LogP contribution in [0.4, 0.5) is 0 Å². The van der Waals surface area contributed by atoms with Crippen LogP contribution in [-0.4, -0.2) is 113 Å². The molecule has 9 aromatic carbocycles. The minimum Gasteiger partial charge on any atom is -0.374 e. The van der Waals surface area contributed by atoms with Gasteiger partial charge < -0.3 is 71.1 Å². The number of ether oxygens (including phenoxy) is 15. The summed E-state index contributed by atoms with van der Waals surface area (Å²) in [6.45, 7) is 2.16. The van der Waals surface area contributed by atoms with Gasteiger partial charge >= 0.3 is 0 Å². The van der Waals surface area contributed by atoms with E-state index in [1.165, 1.54) is 0 Å². The van der Waals surface area contributed by atoms with E-state index in [0.29, 0.717) is 6.61 Å². The zero-order valence-electron chi connectivity index (χ0n) is 54.2. The van der Waals surface area contributed by atoms with Gasteiger partial charge in [-0.2, -0.15) is 0 Å². The molecule has 0 bridgehead atoms. The molecule has 0 spiro atoms. The van der Waals surface area contributed by atoms with Crippen LogP contribution in [0, 0.1) is 0 Å². The molecule has 0 aromatic heterocycles. The average molecular weight is 1300 g/mol. The van der Waals surface area contributed by atoms with Crippen LogP contribution in [0.25, 0.3) is 0 Å². The van der Waals surface area contributed by atoms with Gasteiger partial charge in [-0.3, -0.25) is 0 Å². The van der Waals surface area contributed by atoms with E-state index in [4.69, 9.17) is 71.1 Å². The summed E-state index contributed by atoms with van der Waals surface area (Å²) in [5.74, 6) is 0. The Bertz CT molecular complexity index is 3560. The van der Waals surface area contributed by atoms with Crippen molar-refractivity contribution in [2.75, 3.05) is 26.9 Å². The zero-order valence-corrected chi connectivity index (χ0v) is 54.2. The third kappa shape index (κ3) is 19.8. The van der Waals surface area contributed by atoms with E-state index in [0.717, 1.165) is 50.1 Å². The number of methoxy groups -OCH3 is 1. The van der Waals surface area contributed by atoms with Gasteiger partial charge in [0.2, 0.25) is 0 Å². The number of hydrogen-bond donors (Lipinski definition) is 0. The van der Waals surface area contributed by atoms with Crippen LogP contribution >= 0.6 is 0 Å². The first-order valence-electron chi connectivity index (χ1n) is 33.1. The number of benzene rings is 9. The van der Waals surface area contributed by atoms with Gasteiger partial charge in [0.15, 0.2) is 18.9 Å². The molecule has 15 nitrogen and oxygen atoms in total. The lowest BCUT2D eigenvalue weighted by molar-refractivity contribution is -0.396. The van der Waals surface area contributed by atoms with E-state index in [1.54, 1.807) is 7.11 Å². The van der Waals surface area contributed by atoms with Crippen molar-refractivity contribution in [3.8, 4) is 0 Å². The molecule has 500 valence electrons. The van der Waals surface area contributed by atoms with Gasteiger partial charge in [-0.25, -0.2) is 0 Å². The highest BCUT2D eigenvalue weighted by Crippen LogP contribution is 2.39. The second-order valence-electron chi connectivity index (χ2n) is 24.1. The van der Waals surface area contributed by atoms with E-state index in [-0.39, 0.29) is 72.7 Å². The quantitative estimate of drug-likeness (QED) is 0.0378. The van der Waals surface area contributed by atoms with Crippen LogP contribution in [0.5, 0.6) is 0 Å². The average Bonchev–Trinajstić information content (AvgIpc) is 0.865. The normalized spacial score (nSPS) is 25.1. The summed E-state index contributed by atoms with van der Waals surface area (Å²) in [4.78, 5) is 0.